The molecule has 4 rings (SSSR count). The summed E-state index contributed by atoms with van der Waals surface area (Å²) in [6.07, 6.45) is 2.38. The Labute approximate surface area is 170 Å². The lowest BCUT2D eigenvalue weighted by Crippen LogP contribution is -2.13. The van der Waals surface area contributed by atoms with Crippen molar-refractivity contribution in [3.63, 3.8) is 0 Å². The lowest BCUT2D eigenvalue weighted by Gasteiger charge is -2.04. The molecule has 0 radical (unpaired) electrons. The SMILES string of the molecule is O=C(CSc1nnc(NC2CC2)s1)Nc1ccc(N=Nc2ccccc2)cc1. The zero-order valence-electron chi connectivity index (χ0n) is 14.9. The van der Waals surface area contributed by atoms with Crippen LogP contribution in [0.2, 0.25) is 0 Å². The first-order valence-corrected chi connectivity index (χ1v) is 10.6. The number of amides is 1. The van der Waals surface area contributed by atoms with E-state index in [-0.39, 0.29) is 11.7 Å². The zero-order valence-corrected chi connectivity index (χ0v) is 16.5. The number of thioether (sulfide) groups is 1. The first-order valence-electron chi connectivity index (χ1n) is 8.84. The maximum atomic E-state index is 12.1. The maximum Gasteiger partial charge on any atom is 0.234 e. The number of nitrogens with one attached hydrogen (secondary N) is 2. The number of rotatable bonds is 8. The highest BCUT2D eigenvalue weighted by atomic mass is 32.2. The highest BCUT2D eigenvalue weighted by molar-refractivity contribution is 8.01. The van der Waals surface area contributed by atoms with Crippen LogP contribution in [0, 0.1) is 0 Å². The van der Waals surface area contributed by atoms with E-state index in [2.05, 4.69) is 31.1 Å². The Hall–Kier alpha value is -2.78. The molecular weight excluding hydrogens is 392 g/mol. The summed E-state index contributed by atoms with van der Waals surface area (Å²) in [6.45, 7) is 0. The second kappa shape index (κ2) is 8.94. The van der Waals surface area contributed by atoms with E-state index in [1.165, 1.54) is 35.9 Å². The molecule has 0 unspecified atom stereocenters. The molecule has 0 aliphatic heterocycles. The van der Waals surface area contributed by atoms with Gasteiger partial charge in [-0.15, -0.1) is 10.2 Å². The number of carbonyl (C=O) groups is 1. The molecule has 7 nitrogen and oxygen atoms in total. The molecule has 142 valence electrons. The molecule has 3 aromatic rings. The van der Waals surface area contributed by atoms with Crippen molar-refractivity contribution < 1.29 is 4.79 Å². The van der Waals surface area contributed by atoms with E-state index in [1.54, 1.807) is 0 Å². The van der Waals surface area contributed by atoms with Gasteiger partial charge < -0.3 is 10.6 Å². The van der Waals surface area contributed by atoms with Gasteiger partial charge in [0.25, 0.3) is 0 Å². The first-order chi connectivity index (χ1) is 13.7. The molecule has 0 bridgehead atoms. The van der Waals surface area contributed by atoms with Crippen molar-refractivity contribution in [3.05, 3.63) is 54.6 Å². The molecule has 1 aromatic heterocycles. The van der Waals surface area contributed by atoms with Crippen LogP contribution in [0.15, 0.2) is 69.2 Å². The van der Waals surface area contributed by atoms with E-state index in [9.17, 15) is 4.79 Å². The van der Waals surface area contributed by atoms with Crippen LogP contribution < -0.4 is 10.6 Å². The fourth-order valence-corrected chi connectivity index (χ4v) is 3.90. The summed E-state index contributed by atoms with van der Waals surface area (Å²) in [5.74, 6) is 0.198. The van der Waals surface area contributed by atoms with Crippen molar-refractivity contribution >= 4 is 51.2 Å². The molecule has 0 spiro atoms. The Morgan fingerprint density at radius 1 is 1.04 bits per heavy atom. The van der Waals surface area contributed by atoms with Crippen LogP contribution >= 0.6 is 23.1 Å². The molecule has 1 aliphatic carbocycles. The van der Waals surface area contributed by atoms with Gasteiger partial charge in [-0.1, -0.05) is 41.3 Å². The van der Waals surface area contributed by atoms with E-state index in [0.717, 1.165) is 26.5 Å². The summed E-state index contributed by atoms with van der Waals surface area (Å²) in [5.41, 5.74) is 2.24. The molecule has 1 heterocycles. The van der Waals surface area contributed by atoms with Crippen molar-refractivity contribution in [3.8, 4) is 0 Å². The number of hydrogen-bond donors (Lipinski definition) is 2. The maximum absolute atomic E-state index is 12.1. The normalized spacial score (nSPS) is 13.6. The monoisotopic (exact) mass is 410 g/mol. The van der Waals surface area contributed by atoms with E-state index in [0.29, 0.717) is 6.04 Å². The summed E-state index contributed by atoms with van der Waals surface area (Å²) >= 11 is 2.87. The lowest BCUT2D eigenvalue weighted by atomic mass is 10.3. The Morgan fingerprint density at radius 3 is 2.46 bits per heavy atom. The molecule has 9 heteroatoms. The minimum absolute atomic E-state index is 0.0874. The molecule has 1 saturated carbocycles. The van der Waals surface area contributed by atoms with Crippen LogP contribution in [0.25, 0.3) is 0 Å². The van der Waals surface area contributed by atoms with Crippen molar-refractivity contribution in [1.29, 1.82) is 0 Å². The molecule has 1 fully saturated rings. The van der Waals surface area contributed by atoms with Crippen LogP contribution in [-0.4, -0.2) is 27.9 Å². The third-order valence-electron chi connectivity index (χ3n) is 3.83. The van der Waals surface area contributed by atoms with Gasteiger partial charge in [-0.25, -0.2) is 0 Å². The number of carbonyl (C=O) groups excluding carboxylic acids is 1. The number of azo groups is 1. The standard InChI is InChI=1S/C19H18N6OS2/c26-17(12-27-19-25-24-18(28-19)21-14-6-7-14)20-13-8-10-16(11-9-13)23-22-15-4-2-1-3-5-15/h1-5,8-11,14H,6-7,12H2,(H,20,26)(H,21,24). The molecule has 28 heavy (non-hydrogen) atoms. The van der Waals surface area contributed by atoms with Crippen molar-refractivity contribution in [2.45, 2.75) is 23.2 Å². The average molecular weight is 411 g/mol. The third kappa shape index (κ3) is 5.61. The third-order valence-corrected chi connectivity index (χ3v) is 5.81. The van der Waals surface area contributed by atoms with E-state index >= 15 is 0 Å². The van der Waals surface area contributed by atoms with Gasteiger partial charge in [-0.05, 0) is 49.2 Å². The minimum atomic E-state index is -0.0874. The smallest absolute Gasteiger partial charge is 0.234 e. The Kier molecular flexibility index (Phi) is 5.93. The number of aromatic nitrogens is 2. The molecule has 1 amide bonds. The first kappa shape index (κ1) is 18.6. The molecule has 2 aromatic carbocycles. The van der Waals surface area contributed by atoms with Crippen molar-refractivity contribution in [2.24, 2.45) is 10.2 Å². The largest absolute Gasteiger partial charge is 0.357 e. The molecule has 0 atom stereocenters. The van der Waals surface area contributed by atoms with Crippen LogP contribution in [0.4, 0.5) is 22.2 Å². The Bertz CT molecular complexity index is 954. The zero-order chi connectivity index (χ0) is 19.2. The summed E-state index contributed by atoms with van der Waals surface area (Å²) < 4.78 is 0.787. The number of anilines is 2. The number of benzene rings is 2. The van der Waals surface area contributed by atoms with Crippen molar-refractivity contribution in [1.82, 2.24) is 10.2 Å². The molecule has 0 saturated heterocycles. The van der Waals surface area contributed by atoms with E-state index in [1.807, 2.05) is 54.6 Å². The summed E-state index contributed by atoms with van der Waals surface area (Å²) in [6, 6.07) is 17.3. The quantitative estimate of drug-likeness (QED) is 0.390. The van der Waals surface area contributed by atoms with E-state index < -0.39 is 0 Å². The number of nitrogens with zero attached hydrogens (tertiary/aromatic N) is 4. The van der Waals surface area contributed by atoms with Crippen LogP contribution in [0.3, 0.4) is 0 Å². The van der Waals surface area contributed by atoms with Crippen molar-refractivity contribution in [2.75, 3.05) is 16.4 Å². The second-order valence-corrected chi connectivity index (χ2v) is 8.41. The fourth-order valence-electron chi connectivity index (χ4n) is 2.27. The number of hydrogen-bond acceptors (Lipinski definition) is 8. The lowest BCUT2D eigenvalue weighted by molar-refractivity contribution is -0.113. The van der Waals surface area contributed by atoms with Gasteiger partial charge >= 0.3 is 0 Å². The van der Waals surface area contributed by atoms with E-state index in [4.69, 9.17) is 0 Å². The Balaban J connectivity index is 1.24. The predicted molar refractivity (Wildman–Crippen MR) is 113 cm³/mol. The topological polar surface area (TPSA) is 91.6 Å². The van der Waals surface area contributed by atoms with Gasteiger partial charge in [-0.2, -0.15) is 10.2 Å². The summed E-state index contributed by atoms with van der Waals surface area (Å²) in [4.78, 5) is 12.1. The molecule has 2 N–H and O–H groups in total. The fraction of sp³-hybridized carbons (Fsp3) is 0.211. The highest BCUT2D eigenvalue weighted by Gasteiger charge is 2.22. The van der Waals surface area contributed by atoms with Crippen LogP contribution in [0.1, 0.15) is 12.8 Å². The molecular formula is C19H18N6OS2. The highest BCUT2D eigenvalue weighted by Crippen LogP contribution is 2.30. The molecule has 1 aliphatic rings. The van der Waals surface area contributed by atoms with Crippen LogP contribution in [-0.2, 0) is 4.79 Å². The van der Waals surface area contributed by atoms with Gasteiger partial charge in [0.1, 0.15) is 0 Å². The summed E-state index contributed by atoms with van der Waals surface area (Å²) in [5, 5.41) is 23.6. The van der Waals surface area contributed by atoms with Gasteiger partial charge in [0, 0.05) is 11.7 Å². The minimum Gasteiger partial charge on any atom is -0.357 e. The predicted octanol–water partition coefficient (Wildman–Crippen LogP) is 5.26. The average Bonchev–Trinajstić information content (AvgIpc) is 3.42. The summed E-state index contributed by atoms with van der Waals surface area (Å²) in [7, 11) is 0. The Morgan fingerprint density at radius 2 is 1.75 bits per heavy atom. The van der Waals surface area contributed by atoms with Gasteiger partial charge in [0.15, 0.2) is 4.34 Å². The second-order valence-electron chi connectivity index (χ2n) is 6.21. The van der Waals surface area contributed by atoms with Gasteiger partial charge in [0.05, 0.1) is 17.1 Å². The van der Waals surface area contributed by atoms with Gasteiger partial charge in [0.2, 0.25) is 11.0 Å². The van der Waals surface area contributed by atoms with Gasteiger partial charge in [-0.3, -0.25) is 4.79 Å². The van der Waals surface area contributed by atoms with Crippen LogP contribution in [0.5, 0.6) is 0 Å².